The maximum atomic E-state index is 13.1. The fourth-order valence-electron chi connectivity index (χ4n) is 3.81. The van der Waals surface area contributed by atoms with Crippen LogP contribution in [0.2, 0.25) is 0 Å². The molecule has 0 saturated heterocycles. The Kier molecular flexibility index (Phi) is 5.01. The van der Waals surface area contributed by atoms with Gasteiger partial charge in [-0.3, -0.25) is 9.48 Å². The standard InChI is InChI=1S/C24H25N7OS/c1-14-19-15(2)25-23(24(3,4)5)28-22(19)33-20(14)21(32)27-17-9-11-31(29-17)13-16-12-30-10-7-6-8-18(30)26-16/h6-12H,13H2,1-5H3,(H,27,29,32). The van der Waals surface area contributed by atoms with Crippen molar-refractivity contribution in [2.24, 2.45) is 0 Å². The molecule has 0 spiro atoms. The summed E-state index contributed by atoms with van der Waals surface area (Å²) in [5.74, 6) is 1.09. The Labute approximate surface area is 195 Å². The molecule has 1 N–H and O–H groups in total. The van der Waals surface area contributed by atoms with E-state index in [0.29, 0.717) is 17.2 Å². The number of hydrogen-bond acceptors (Lipinski definition) is 6. The van der Waals surface area contributed by atoms with E-state index in [1.165, 1.54) is 11.3 Å². The third-order valence-electron chi connectivity index (χ3n) is 5.47. The van der Waals surface area contributed by atoms with Crippen molar-refractivity contribution >= 4 is 38.9 Å². The number of hydrogen-bond donors (Lipinski definition) is 1. The number of rotatable bonds is 4. The Morgan fingerprint density at radius 3 is 2.67 bits per heavy atom. The zero-order valence-electron chi connectivity index (χ0n) is 19.2. The molecule has 9 heteroatoms. The summed E-state index contributed by atoms with van der Waals surface area (Å²) in [5, 5.41) is 8.38. The molecule has 33 heavy (non-hydrogen) atoms. The van der Waals surface area contributed by atoms with Gasteiger partial charge in [0, 0.05) is 35.5 Å². The average Bonchev–Trinajstić information content (AvgIpc) is 3.44. The van der Waals surface area contributed by atoms with Crippen molar-refractivity contribution in [2.75, 3.05) is 5.32 Å². The van der Waals surface area contributed by atoms with Crippen LogP contribution < -0.4 is 5.32 Å². The highest BCUT2D eigenvalue weighted by Gasteiger charge is 2.23. The van der Waals surface area contributed by atoms with Crippen LogP contribution in [0.4, 0.5) is 5.82 Å². The van der Waals surface area contributed by atoms with Gasteiger partial charge in [0.15, 0.2) is 5.82 Å². The number of pyridine rings is 1. The molecule has 0 radical (unpaired) electrons. The molecule has 0 bridgehead atoms. The van der Waals surface area contributed by atoms with Crippen molar-refractivity contribution in [3.8, 4) is 0 Å². The monoisotopic (exact) mass is 459 g/mol. The number of carbonyl (C=O) groups excluding carboxylic acids is 1. The maximum absolute atomic E-state index is 13.1. The number of nitrogens with zero attached hydrogens (tertiary/aromatic N) is 6. The fraction of sp³-hybridized carbons (Fsp3) is 0.292. The van der Waals surface area contributed by atoms with Gasteiger partial charge in [-0.25, -0.2) is 15.0 Å². The second-order valence-electron chi connectivity index (χ2n) is 9.17. The number of anilines is 1. The quantitative estimate of drug-likeness (QED) is 0.419. The first-order valence-electron chi connectivity index (χ1n) is 10.7. The zero-order valence-corrected chi connectivity index (χ0v) is 20.1. The Balaban J connectivity index is 1.37. The van der Waals surface area contributed by atoms with Crippen molar-refractivity contribution in [3.63, 3.8) is 0 Å². The number of amides is 1. The topological polar surface area (TPSA) is 90.0 Å². The van der Waals surface area contributed by atoms with Crippen LogP contribution in [0.1, 0.15) is 53.2 Å². The van der Waals surface area contributed by atoms with Crippen molar-refractivity contribution in [1.29, 1.82) is 0 Å². The molecule has 0 unspecified atom stereocenters. The molecule has 0 aliphatic carbocycles. The van der Waals surface area contributed by atoms with Gasteiger partial charge in [0.25, 0.3) is 5.91 Å². The third-order valence-corrected chi connectivity index (χ3v) is 6.65. The number of thiophene rings is 1. The SMILES string of the molecule is Cc1nc(C(C)(C)C)nc2sc(C(=O)Nc3ccn(Cc4cn5ccccc5n4)n3)c(C)c12. The molecule has 5 aromatic heterocycles. The fourth-order valence-corrected chi connectivity index (χ4v) is 4.94. The van der Waals surface area contributed by atoms with Gasteiger partial charge in [0.2, 0.25) is 0 Å². The lowest BCUT2D eigenvalue weighted by molar-refractivity contribution is 0.102. The molecule has 5 heterocycles. The van der Waals surface area contributed by atoms with Crippen LogP contribution in [0.5, 0.6) is 0 Å². The molecule has 5 rings (SSSR count). The highest BCUT2D eigenvalue weighted by atomic mass is 32.1. The summed E-state index contributed by atoms with van der Waals surface area (Å²) in [7, 11) is 0. The van der Waals surface area contributed by atoms with Crippen molar-refractivity contribution in [1.82, 2.24) is 29.1 Å². The first kappa shape index (κ1) is 21.3. The summed E-state index contributed by atoms with van der Waals surface area (Å²) in [6, 6.07) is 7.68. The molecular formula is C24H25N7OS. The minimum Gasteiger partial charge on any atom is -0.307 e. The Hall–Kier alpha value is -3.59. The van der Waals surface area contributed by atoms with E-state index >= 15 is 0 Å². The van der Waals surface area contributed by atoms with Gasteiger partial charge in [-0.15, -0.1) is 11.3 Å². The van der Waals surface area contributed by atoms with E-state index in [-0.39, 0.29) is 11.3 Å². The summed E-state index contributed by atoms with van der Waals surface area (Å²) < 4.78 is 3.74. The van der Waals surface area contributed by atoms with Crippen molar-refractivity contribution in [3.05, 3.63) is 70.5 Å². The number of nitrogens with one attached hydrogen (secondary N) is 1. The molecular weight excluding hydrogens is 434 g/mol. The zero-order chi connectivity index (χ0) is 23.3. The van der Waals surface area contributed by atoms with Crippen molar-refractivity contribution < 1.29 is 4.79 Å². The first-order valence-corrected chi connectivity index (χ1v) is 11.6. The lowest BCUT2D eigenvalue weighted by atomic mass is 9.95. The van der Waals surface area contributed by atoms with Crippen LogP contribution in [-0.4, -0.2) is 35.0 Å². The summed E-state index contributed by atoms with van der Waals surface area (Å²) in [6.07, 6.45) is 5.78. The molecule has 0 saturated carbocycles. The van der Waals surface area contributed by atoms with E-state index in [1.807, 2.05) is 55.0 Å². The minimum atomic E-state index is -0.190. The minimum absolute atomic E-state index is 0.160. The predicted molar refractivity (Wildman–Crippen MR) is 130 cm³/mol. The number of carbonyl (C=O) groups is 1. The second-order valence-corrected chi connectivity index (χ2v) is 10.2. The second kappa shape index (κ2) is 7.77. The summed E-state index contributed by atoms with van der Waals surface area (Å²) >= 11 is 1.40. The summed E-state index contributed by atoms with van der Waals surface area (Å²) in [4.78, 5) is 28.6. The van der Waals surface area contributed by atoms with Gasteiger partial charge in [-0.05, 0) is 31.5 Å². The van der Waals surface area contributed by atoms with E-state index in [2.05, 4.69) is 41.2 Å². The summed E-state index contributed by atoms with van der Waals surface area (Å²) in [5.41, 5.74) is 3.42. The number of fused-ring (bicyclic) bond motifs is 2. The Morgan fingerprint density at radius 2 is 1.91 bits per heavy atom. The van der Waals surface area contributed by atoms with Gasteiger partial charge in [-0.2, -0.15) is 5.10 Å². The van der Waals surface area contributed by atoms with E-state index < -0.39 is 0 Å². The molecule has 0 aliphatic heterocycles. The third kappa shape index (κ3) is 4.00. The normalized spacial score (nSPS) is 12.0. The molecule has 0 atom stereocenters. The molecule has 8 nitrogen and oxygen atoms in total. The lowest BCUT2D eigenvalue weighted by Crippen LogP contribution is -2.16. The molecule has 168 valence electrons. The summed E-state index contributed by atoms with van der Waals surface area (Å²) in [6.45, 7) is 10.7. The molecule has 5 aromatic rings. The molecule has 0 aromatic carbocycles. The first-order chi connectivity index (χ1) is 15.7. The van der Waals surface area contributed by atoms with Crippen LogP contribution in [0.15, 0.2) is 42.9 Å². The highest BCUT2D eigenvalue weighted by molar-refractivity contribution is 7.20. The Morgan fingerprint density at radius 1 is 1.09 bits per heavy atom. The number of aromatic nitrogens is 6. The van der Waals surface area contributed by atoms with E-state index in [1.54, 1.807) is 10.7 Å². The molecule has 0 fully saturated rings. The van der Waals surface area contributed by atoms with Crippen molar-refractivity contribution in [2.45, 2.75) is 46.6 Å². The van der Waals surface area contributed by atoms with Gasteiger partial charge in [-0.1, -0.05) is 26.8 Å². The van der Waals surface area contributed by atoms with Crippen LogP contribution in [0.25, 0.3) is 15.9 Å². The molecule has 1 amide bonds. The van der Waals surface area contributed by atoms with Gasteiger partial charge in [0.1, 0.15) is 16.3 Å². The largest absolute Gasteiger partial charge is 0.307 e. The van der Waals surface area contributed by atoms with Crippen LogP contribution in [0.3, 0.4) is 0 Å². The smallest absolute Gasteiger partial charge is 0.267 e. The van der Waals surface area contributed by atoms with Gasteiger partial charge < -0.3 is 9.72 Å². The highest BCUT2D eigenvalue weighted by Crippen LogP contribution is 2.33. The van der Waals surface area contributed by atoms with E-state index in [4.69, 9.17) is 4.98 Å². The Bertz CT molecular complexity index is 1470. The van der Waals surface area contributed by atoms with Crippen LogP contribution in [0, 0.1) is 13.8 Å². The van der Waals surface area contributed by atoms with E-state index in [9.17, 15) is 4.79 Å². The lowest BCUT2D eigenvalue weighted by Gasteiger charge is -2.16. The predicted octanol–water partition coefficient (Wildman–Crippen LogP) is 4.75. The van der Waals surface area contributed by atoms with E-state index in [0.717, 1.165) is 38.6 Å². The number of imidazole rings is 1. The average molecular weight is 460 g/mol. The molecule has 0 aliphatic rings. The van der Waals surface area contributed by atoms with Crippen LogP contribution in [-0.2, 0) is 12.0 Å². The maximum Gasteiger partial charge on any atom is 0.267 e. The van der Waals surface area contributed by atoms with Gasteiger partial charge >= 0.3 is 0 Å². The van der Waals surface area contributed by atoms with Crippen LogP contribution >= 0.6 is 11.3 Å². The van der Waals surface area contributed by atoms with Gasteiger partial charge in [0.05, 0.1) is 22.8 Å². The number of aryl methyl sites for hydroxylation is 2.